The van der Waals surface area contributed by atoms with E-state index in [0.29, 0.717) is 0 Å². The van der Waals surface area contributed by atoms with Crippen molar-refractivity contribution in [1.29, 1.82) is 0 Å². The molecular weight excluding hydrogens is 348 g/mol. The zero-order valence-electron chi connectivity index (χ0n) is 17.4. The van der Waals surface area contributed by atoms with Gasteiger partial charge in [0, 0.05) is 10.8 Å². The summed E-state index contributed by atoms with van der Waals surface area (Å²) in [5, 5.41) is 0. The number of aryl methyl sites for hydroxylation is 1. The standard InChI is InChI=1S/C29H30/c1-2-12-23-17-18-26-27(21-23)29(24-13-6-3-7-14-24,25-15-8-4-9-16-25)22-28(26)19-10-5-11-20-28/h3-4,6-10,13-19,21H,2,5,11-12,20,22H2,1H3. The Bertz CT molecular complexity index is 973. The topological polar surface area (TPSA) is 0 Å². The molecule has 3 aromatic carbocycles. The lowest BCUT2D eigenvalue weighted by Gasteiger charge is -2.36. The SMILES string of the molecule is CCCc1ccc2c(c1)C(c1ccccc1)(c1ccccc1)CC21C=CCCC1. The van der Waals surface area contributed by atoms with Crippen LogP contribution in [-0.4, -0.2) is 0 Å². The summed E-state index contributed by atoms with van der Waals surface area (Å²) < 4.78 is 0. The van der Waals surface area contributed by atoms with Crippen molar-refractivity contribution in [3.8, 4) is 0 Å². The van der Waals surface area contributed by atoms with E-state index in [1.165, 1.54) is 47.9 Å². The first-order valence-electron chi connectivity index (χ1n) is 11.2. The van der Waals surface area contributed by atoms with Gasteiger partial charge in [-0.1, -0.05) is 104 Å². The molecule has 0 aliphatic heterocycles. The minimum atomic E-state index is -0.0801. The highest BCUT2D eigenvalue weighted by Crippen LogP contribution is 2.59. The molecule has 0 heteroatoms. The van der Waals surface area contributed by atoms with Crippen molar-refractivity contribution in [2.75, 3.05) is 0 Å². The number of allylic oxidation sites excluding steroid dienone is 2. The normalized spacial score (nSPS) is 22.0. The zero-order valence-corrected chi connectivity index (χ0v) is 17.4. The minimum Gasteiger partial charge on any atom is -0.0876 e. The molecule has 0 saturated heterocycles. The third kappa shape index (κ3) is 2.89. The Morgan fingerprint density at radius 2 is 1.48 bits per heavy atom. The molecule has 146 valence electrons. The van der Waals surface area contributed by atoms with Gasteiger partial charge in [-0.05, 0) is 59.9 Å². The maximum atomic E-state index is 2.54. The molecule has 0 N–H and O–H groups in total. The van der Waals surface area contributed by atoms with Crippen LogP contribution in [0.15, 0.2) is 91.0 Å². The summed E-state index contributed by atoms with van der Waals surface area (Å²) in [4.78, 5) is 0. The summed E-state index contributed by atoms with van der Waals surface area (Å²) in [5.74, 6) is 0. The predicted molar refractivity (Wildman–Crippen MR) is 122 cm³/mol. The Balaban J connectivity index is 1.83. The van der Waals surface area contributed by atoms with Crippen LogP contribution in [0.4, 0.5) is 0 Å². The lowest BCUT2D eigenvalue weighted by molar-refractivity contribution is 0.403. The summed E-state index contributed by atoms with van der Waals surface area (Å²) in [5.41, 5.74) is 7.49. The van der Waals surface area contributed by atoms with Crippen molar-refractivity contribution in [3.63, 3.8) is 0 Å². The summed E-state index contributed by atoms with van der Waals surface area (Å²) in [7, 11) is 0. The monoisotopic (exact) mass is 378 g/mol. The van der Waals surface area contributed by atoms with Crippen molar-refractivity contribution < 1.29 is 0 Å². The fraction of sp³-hybridized carbons (Fsp3) is 0.310. The van der Waals surface area contributed by atoms with Crippen LogP contribution in [0.5, 0.6) is 0 Å². The van der Waals surface area contributed by atoms with Gasteiger partial charge >= 0.3 is 0 Å². The molecule has 0 heterocycles. The zero-order chi connectivity index (χ0) is 19.7. The van der Waals surface area contributed by atoms with E-state index < -0.39 is 0 Å². The van der Waals surface area contributed by atoms with Crippen LogP contribution in [0.3, 0.4) is 0 Å². The highest BCUT2D eigenvalue weighted by atomic mass is 14.5. The van der Waals surface area contributed by atoms with E-state index in [1.807, 2.05) is 0 Å². The van der Waals surface area contributed by atoms with E-state index >= 15 is 0 Å². The van der Waals surface area contributed by atoms with E-state index in [4.69, 9.17) is 0 Å². The van der Waals surface area contributed by atoms with Crippen molar-refractivity contribution in [3.05, 3.63) is 119 Å². The third-order valence-corrected chi connectivity index (χ3v) is 7.16. The lowest BCUT2D eigenvalue weighted by atomic mass is 9.66. The number of rotatable bonds is 4. The van der Waals surface area contributed by atoms with Gasteiger partial charge in [-0.3, -0.25) is 0 Å². The van der Waals surface area contributed by atoms with Crippen molar-refractivity contribution in [2.45, 2.75) is 56.3 Å². The second kappa shape index (κ2) is 7.34. The maximum absolute atomic E-state index is 2.54. The number of hydrogen-bond donors (Lipinski definition) is 0. The molecule has 1 spiro atoms. The van der Waals surface area contributed by atoms with Crippen LogP contribution in [-0.2, 0) is 17.3 Å². The van der Waals surface area contributed by atoms with Gasteiger partial charge in [0.25, 0.3) is 0 Å². The van der Waals surface area contributed by atoms with Gasteiger partial charge in [0.05, 0.1) is 0 Å². The average Bonchev–Trinajstić information content (AvgIpc) is 3.06. The molecule has 0 saturated carbocycles. The summed E-state index contributed by atoms with van der Waals surface area (Å²) >= 11 is 0. The first-order valence-corrected chi connectivity index (χ1v) is 11.2. The number of fused-ring (bicyclic) bond motifs is 2. The largest absolute Gasteiger partial charge is 0.0876 e. The molecule has 2 aliphatic carbocycles. The van der Waals surface area contributed by atoms with Gasteiger partial charge in [-0.2, -0.15) is 0 Å². The molecule has 3 aromatic rings. The fourth-order valence-corrected chi connectivity index (χ4v) is 5.91. The van der Waals surface area contributed by atoms with Gasteiger partial charge in [-0.15, -0.1) is 0 Å². The van der Waals surface area contributed by atoms with Crippen molar-refractivity contribution >= 4 is 0 Å². The van der Waals surface area contributed by atoms with Gasteiger partial charge in [0.1, 0.15) is 0 Å². The molecule has 0 bridgehead atoms. The second-order valence-electron chi connectivity index (χ2n) is 8.89. The smallest absolute Gasteiger partial charge is 0.0465 e. The molecule has 0 radical (unpaired) electrons. The van der Waals surface area contributed by atoms with E-state index in [0.717, 1.165) is 12.8 Å². The molecule has 0 amide bonds. The molecule has 1 atom stereocenters. The van der Waals surface area contributed by atoms with E-state index in [2.05, 4.69) is 97.9 Å². The van der Waals surface area contributed by atoms with Gasteiger partial charge in [-0.25, -0.2) is 0 Å². The van der Waals surface area contributed by atoms with Crippen LogP contribution < -0.4 is 0 Å². The molecule has 2 aliphatic rings. The highest BCUT2D eigenvalue weighted by Gasteiger charge is 2.52. The molecule has 0 aromatic heterocycles. The fourth-order valence-electron chi connectivity index (χ4n) is 5.91. The Hall–Kier alpha value is -2.60. The summed E-state index contributed by atoms with van der Waals surface area (Å²) in [6, 6.07) is 29.9. The van der Waals surface area contributed by atoms with Crippen molar-refractivity contribution in [1.82, 2.24) is 0 Å². The maximum Gasteiger partial charge on any atom is 0.0465 e. The Morgan fingerprint density at radius 1 is 0.793 bits per heavy atom. The van der Waals surface area contributed by atoms with Gasteiger partial charge < -0.3 is 0 Å². The Morgan fingerprint density at radius 3 is 2.07 bits per heavy atom. The van der Waals surface area contributed by atoms with E-state index in [1.54, 1.807) is 5.56 Å². The third-order valence-electron chi connectivity index (χ3n) is 7.16. The first kappa shape index (κ1) is 18.4. The second-order valence-corrected chi connectivity index (χ2v) is 8.89. The molecule has 0 fully saturated rings. The van der Waals surface area contributed by atoms with E-state index in [-0.39, 0.29) is 10.8 Å². The highest BCUT2D eigenvalue weighted by molar-refractivity contribution is 5.62. The number of hydrogen-bond acceptors (Lipinski definition) is 0. The summed E-state index contributed by atoms with van der Waals surface area (Å²) in [6.07, 6.45) is 12.2. The summed E-state index contributed by atoms with van der Waals surface area (Å²) in [6.45, 7) is 2.28. The van der Waals surface area contributed by atoms with Crippen molar-refractivity contribution in [2.24, 2.45) is 0 Å². The van der Waals surface area contributed by atoms with Crippen LogP contribution in [0, 0.1) is 0 Å². The molecule has 1 unspecified atom stereocenters. The quantitative estimate of drug-likeness (QED) is 0.416. The lowest BCUT2D eigenvalue weighted by Crippen LogP contribution is -2.31. The Kier molecular flexibility index (Phi) is 4.66. The molecule has 29 heavy (non-hydrogen) atoms. The average molecular weight is 379 g/mol. The van der Waals surface area contributed by atoms with Crippen LogP contribution in [0.25, 0.3) is 0 Å². The van der Waals surface area contributed by atoms with E-state index in [9.17, 15) is 0 Å². The van der Waals surface area contributed by atoms with Gasteiger partial charge in [0.2, 0.25) is 0 Å². The molecular formula is C29H30. The number of benzene rings is 3. The van der Waals surface area contributed by atoms with Crippen LogP contribution in [0.1, 0.15) is 66.8 Å². The molecule has 5 rings (SSSR count). The van der Waals surface area contributed by atoms with Gasteiger partial charge in [0.15, 0.2) is 0 Å². The van der Waals surface area contributed by atoms with Crippen LogP contribution in [0.2, 0.25) is 0 Å². The predicted octanol–water partition coefficient (Wildman–Crippen LogP) is 7.36. The van der Waals surface area contributed by atoms with Crippen LogP contribution >= 0.6 is 0 Å². The molecule has 0 nitrogen and oxygen atoms in total. The Labute approximate surface area is 175 Å². The first-order chi connectivity index (χ1) is 14.3. The minimum absolute atomic E-state index is 0.0801.